The van der Waals surface area contributed by atoms with Crippen LogP contribution in [-0.4, -0.2) is 5.11 Å². The number of benzene rings is 2. The number of fused-ring (bicyclic) bond motifs is 3. The molecule has 2 aromatic carbocycles. The second kappa shape index (κ2) is 11.0. The molecule has 2 aromatic rings. The minimum Gasteiger partial charge on any atom is -0.507 e. The van der Waals surface area contributed by atoms with Gasteiger partial charge in [-0.05, 0) is 48.0 Å². The van der Waals surface area contributed by atoms with E-state index >= 15 is 0 Å². The number of hydrogen-bond acceptors (Lipinski definition) is 1. The first-order chi connectivity index (χ1) is 12.1. The molecule has 4 rings (SSSR count). The zero-order chi connectivity index (χ0) is 18.8. The van der Waals surface area contributed by atoms with Gasteiger partial charge in [-0.25, -0.2) is 0 Å². The van der Waals surface area contributed by atoms with Crippen LogP contribution in [0, 0.1) is 23.7 Å². The van der Waals surface area contributed by atoms with Crippen molar-refractivity contribution in [3.05, 3.63) is 54.6 Å². The second-order valence-corrected chi connectivity index (χ2v) is 6.69. The second-order valence-electron chi connectivity index (χ2n) is 6.69. The third-order valence-corrected chi connectivity index (χ3v) is 4.95. The lowest BCUT2D eigenvalue weighted by Gasteiger charge is -2.21. The van der Waals surface area contributed by atoms with E-state index < -0.39 is 0 Å². The van der Waals surface area contributed by atoms with Gasteiger partial charge in [0.25, 0.3) is 0 Å². The van der Waals surface area contributed by atoms with Crippen molar-refractivity contribution >= 4 is 10.8 Å². The van der Waals surface area contributed by atoms with Crippen molar-refractivity contribution in [2.24, 2.45) is 23.7 Å². The fourth-order valence-corrected chi connectivity index (χ4v) is 3.80. The summed E-state index contributed by atoms with van der Waals surface area (Å²) < 4.78 is 0. The van der Waals surface area contributed by atoms with Gasteiger partial charge in [-0.15, -0.1) is 0 Å². The number of phenols is 1. The molecule has 138 valence electrons. The molecular weight excluding hydrogens is 304 g/mol. The fourth-order valence-electron chi connectivity index (χ4n) is 3.80. The topological polar surface area (TPSA) is 20.2 Å². The molecule has 2 aliphatic rings. The van der Waals surface area contributed by atoms with Gasteiger partial charge < -0.3 is 5.11 Å². The Bertz CT molecular complexity index is 636. The van der Waals surface area contributed by atoms with E-state index in [1.54, 1.807) is 6.07 Å². The normalized spacial score (nSPS) is 22.4. The summed E-state index contributed by atoms with van der Waals surface area (Å²) in [7, 11) is 0. The van der Waals surface area contributed by atoms with Crippen molar-refractivity contribution in [2.75, 3.05) is 0 Å². The number of allylic oxidation sites excluding steroid dienone is 2. The van der Waals surface area contributed by atoms with Crippen molar-refractivity contribution in [2.45, 2.75) is 54.4 Å². The predicted octanol–water partition coefficient (Wildman–Crippen LogP) is 7.45. The third-order valence-electron chi connectivity index (χ3n) is 4.95. The standard InChI is InChI=1S/C10H8O.C10H16.2C2H6/c11-10-7-3-5-8-4-1-2-6-9(8)10;1-7(2)10-6-8-3-4-9(10)5-8;2*1-2/h1-7,11H;3-4,7-10H,5-6H2,1-2H3;2*1-2H3. The Kier molecular flexibility index (Phi) is 9.34. The van der Waals surface area contributed by atoms with Crippen molar-refractivity contribution in [1.29, 1.82) is 0 Å². The van der Waals surface area contributed by atoms with Gasteiger partial charge in [0.05, 0.1) is 0 Å². The number of rotatable bonds is 1. The molecule has 0 spiro atoms. The van der Waals surface area contributed by atoms with Crippen molar-refractivity contribution < 1.29 is 5.11 Å². The molecular formula is C24H36O. The molecule has 1 N–H and O–H groups in total. The first-order valence-corrected chi connectivity index (χ1v) is 10.00. The minimum absolute atomic E-state index is 0.350. The van der Waals surface area contributed by atoms with Crippen LogP contribution in [0.5, 0.6) is 5.75 Å². The average Bonchev–Trinajstić information content (AvgIpc) is 3.30. The third kappa shape index (κ3) is 5.63. The van der Waals surface area contributed by atoms with Gasteiger partial charge in [0.1, 0.15) is 5.75 Å². The van der Waals surface area contributed by atoms with Crippen molar-refractivity contribution in [1.82, 2.24) is 0 Å². The maximum atomic E-state index is 9.37. The maximum absolute atomic E-state index is 9.37. The maximum Gasteiger partial charge on any atom is 0.123 e. The van der Waals surface area contributed by atoms with Crippen molar-refractivity contribution in [3.8, 4) is 5.75 Å². The van der Waals surface area contributed by atoms with Crippen LogP contribution in [0.15, 0.2) is 54.6 Å². The molecule has 0 amide bonds. The molecule has 2 bridgehead atoms. The highest BCUT2D eigenvalue weighted by molar-refractivity contribution is 5.87. The molecule has 1 nitrogen and oxygen atoms in total. The quantitative estimate of drug-likeness (QED) is 0.534. The van der Waals surface area contributed by atoms with Crippen LogP contribution in [0.1, 0.15) is 54.4 Å². The van der Waals surface area contributed by atoms with Crippen molar-refractivity contribution in [3.63, 3.8) is 0 Å². The van der Waals surface area contributed by atoms with Gasteiger partial charge >= 0.3 is 0 Å². The molecule has 0 saturated heterocycles. The van der Waals surface area contributed by atoms with E-state index in [-0.39, 0.29) is 0 Å². The summed E-state index contributed by atoms with van der Waals surface area (Å²) >= 11 is 0. The lowest BCUT2D eigenvalue weighted by molar-refractivity contribution is 0.331. The molecule has 1 heteroatoms. The molecule has 0 aromatic heterocycles. The van der Waals surface area contributed by atoms with E-state index in [0.29, 0.717) is 5.75 Å². The molecule has 1 fully saturated rings. The summed E-state index contributed by atoms with van der Waals surface area (Å²) in [5, 5.41) is 11.4. The Morgan fingerprint density at radius 2 is 1.48 bits per heavy atom. The fraction of sp³-hybridized carbons (Fsp3) is 0.500. The summed E-state index contributed by atoms with van der Waals surface area (Å²) in [6.45, 7) is 12.7. The van der Waals surface area contributed by atoms with Gasteiger partial charge in [0.2, 0.25) is 0 Å². The highest BCUT2D eigenvalue weighted by Crippen LogP contribution is 2.46. The highest BCUT2D eigenvalue weighted by Gasteiger charge is 2.36. The number of aromatic hydroxyl groups is 1. The summed E-state index contributed by atoms with van der Waals surface area (Å²) in [6, 6.07) is 13.3. The zero-order valence-corrected chi connectivity index (χ0v) is 16.9. The molecule has 0 heterocycles. The monoisotopic (exact) mass is 340 g/mol. The van der Waals surface area contributed by atoms with E-state index in [9.17, 15) is 5.11 Å². The molecule has 1 saturated carbocycles. The van der Waals surface area contributed by atoms with Crippen LogP contribution in [0.4, 0.5) is 0 Å². The van der Waals surface area contributed by atoms with E-state index in [1.807, 2.05) is 64.1 Å². The van der Waals surface area contributed by atoms with Gasteiger partial charge in [0.15, 0.2) is 0 Å². The van der Waals surface area contributed by atoms with Gasteiger partial charge in [0, 0.05) is 5.39 Å². The molecule has 25 heavy (non-hydrogen) atoms. The zero-order valence-electron chi connectivity index (χ0n) is 16.9. The summed E-state index contributed by atoms with van der Waals surface area (Å²) in [4.78, 5) is 0. The lowest BCUT2D eigenvalue weighted by Crippen LogP contribution is -2.13. The molecule has 3 atom stereocenters. The van der Waals surface area contributed by atoms with Crippen LogP contribution in [0.3, 0.4) is 0 Å². The SMILES string of the molecule is CC.CC.CC(C)C1CC2C=CC1C2.Oc1cccc2ccccc12. The lowest BCUT2D eigenvalue weighted by atomic mass is 9.84. The summed E-state index contributed by atoms with van der Waals surface area (Å²) in [6.07, 6.45) is 7.80. The van der Waals surface area contributed by atoms with Crippen LogP contribution in [0.2, 0.25) is 0 Å². The first-order valence-electron chi connectivity index (χ1n) is 10.00. The summed E-state index contributed by atoms with van der Waals surface area (Å²) in [5.74, 6) is 4.17. The largest absolute Gasteiger partial charge is 0.507 e. The molecule has 3 unspecified atom stereocenters. The van der Waals surface area contributed by atoms with Gasteiger partial charge in [-0.3, -0.25) is 0 Å². The highest BCUT2D eigenvalue weighted by atomic mass is 16.3. The van der Waals surface area contributed by atoms with Crippen LogP contribution >= 0.6 is 0 Å². The van der Waals surface area contributed by atoms with E-state index in [1.165, 1.54) is 12.8 Å². The summed E-state index contributed by atoms with van der Waals surface area (Å²) in [5.41, 5.74) is 0. The van der Waals surface area contributed by atoms with Gasteiger partial charge in [-0.1, -0.05) is 90.1 Å². The Labute approximate surface area is 154 Å². The number of hydrogen-bond donors (Lipinski definition) is 1. The minimum atomic E-state index is 0.350. The Morgan fingerprint density at radius 3 is 1.96 bits per heavy atom. The average molecular weight is 341 g/mol. The van der Waals surface area contributed by atoms with Crippen LogP contribution in [-0.2, 0) is 0 Å². The molecule has 0 radical (unpaired) electrons. The van der Waals surface area contributed by atoms with Gasteiger partial charge in [-0.2, -0.15) is 0 Å². The Morgan fingerprint density at radius 1 is 0.840 bits per heavy atom. The smallest absolute Gasteiger partial charge is 0.123 e. The first kappa shape index (κ1) is 21.3. The van der Waals surface area contributed by atoms with Crippen LogP contribution < -0.4 is 0 Å². The Hall–Kier alpha value is -1.76. The van der Waals surface area contributed by atoms with E-state index in [0.717, 1.165) is 34.4 Å². The Balaban J connectivity index is 0.000000210. The molecule has 2 aliphatic carbocycles. The molecule has 0 aliphatic heterocycles. The van der Waals surface area contributed by atoms with E-state index in [4.69, 9.17) is 0 Å². The number of phenolic OH excluding ortho intramolecular Hbond substituents is 1. The predicted molar refractivity (Wildman–Crippen MR) is 112 cm³/mol. The van der Waals surface area contributed by atoms with E-state index in [2.05, 4.69) is 26.0 Å². The van der Waals surface area contributed by atoms with Crippen LogP contribution in [0.25, 0.3) is 10.8 Å².